The topological polar surface area (TPSA) is 120 Å². The molecule has 1 aliphatic heterocycles. The lowest BCUT2D eigenvalue weighted by Crippen LogP contribution is -2.31. The van der Waals surface area contributed by atoms with Crippen molar-refractivity contribution >= 4 is 22.6 Å². The lowest BCUT2D eigenvalue weighted by molar-refractivity contribution is -0.121. The van der Waals surface area contributed by atoms with E-state index < -0.39 is 0 Å². The van der Waals surface area contributed by atoms with Gasteiger partial charge in [-0.3, -0.25) is 4.79 Å². The number of hydrogen-bond acceptors (Lipinski definition) is 8. The molecular weight excluding hydrogens is 386 g/mol. The van der Waals surface area contributed by atoms with E-state index in [0.29, 0.717) is 11.5 Å². The number of pyridine rings is 1. The molecule has 0 spiro atoms. The van der Waals surface area contributed by atoms with Crippen molar-refractivity contribution in [3.05, 3.63) is 18.3 Å². The second kappa shape index (κ2) is 8.78. The van der Waals surface area contributed by atoms with Gasteiger partial charge in [0.25, 0.3) is 5.89 Å². The van der Waals surface area contributed by atoms with Crippen LogP contribution in [0, 0.1) is 0 Å². The van der Waals surface area contributed by atoms with E-state index in [2.05, 4.69) is 30.9 Å². The summed E-state index contributed by atoms with van der Waals surface area (Å²) in [6.07, 6.45) is 5.40. The maximum absolute atomic E-state index is 12.0. The van der Waals surface area contributed by atoms with Crippen molar-refractivity contribution in [3.63, 3.8) is 0 Å². The number of aryl methyl sites for hydroxylation is 1. The van der Waals surface area contributed by atoms with Crippen molar-refractivity contribution in [2.45, 2.75) is 58.7 Å². The molecule has 160 valence electrons. The minimum atomic E-state index is -0.154. The van der Waals surface area contributed by atoms with Crippen LogP contribution in [0.4, 0.5) is 5.69 Å². The predicted molar refractivity (Wildman–Crippen MR) is 111 cm³/mol. The first-order valence-electron chi connectivity index (χ1n) is 10.4. The summed E-state index contributed by atoms with van der Waals surface area (Å²) in [5.74, 6) is 0.443. The molecule has 4 heterocycles. The van der Waals surface area contributed by atoms with Crippen LogP contribution in [0.1, 0.15) is 39.5 Å². The Morgan fingerprint density at radius 1 is 1.27 bits per heavy atom. The van der Waals surface area contributed by atoms with E-state index in [9.17, 15) is 4.79 Å². The summed E-state index contributed by atoms with van der Waals surface area (Å²) in [6, 6.07) is 0.323. The third kappa shape index (κ3) is 4.28. The molecule has 0 unspecified atom stereocenters. The first kappa shape index (κ1) is 20.3. The molecule has 10 heteroatoms. The van der Waals surface area contributed by atoms with Gasteiger partial charge in [0.2, 0.25) is 11.8 Å². The molecule has 3 aromatic heterocycles. The number of nitrogens with one attached hydrogen (secondary N) is 2. The summed E-state index contributed by atoms with van der Waals surface area (Å²) in [4.78, 5) is 16.6. The SMILES string of the molecule is CCn1ncc2c(NC3CCOCC3)c(-c3nnc(CC(=O)NC(C)C)o3)cnc21. The van der Waals surface area contributed by atoms with E-state index in [1.165, 1.54) is 0 Å². The van der Waals surface area contributed by atoms with Crippen LogP contribution in [0.25, 0.3) is 22.5 Å². The van der Waals surface area contributed by atoms with Crippen LogP contribution >= 0.6 is 0 Å². The van der Waals surface area contributed by atoms with Gasteiger partial charge in [-0.15, -0.1) is 10.2 Å². The Balaban J connectivity index is 1.67. The standard InChI is InChI=1S/C20H27N7O3/c1-4-27-19-14(11-22-27)18(24-13-5-7-29-8-6-13)15(10-21-19)20-26-25-17(30-20)9-16(28)23-12(2)3/h10-13H,4-9H2,1-3H3,(H,21,24)(H,23,28). The Hall–Kier alpha value is -3.01. The van der Waals surface area contributed by atoms with Crippen molar-refractivity contribution in [1.29, 1.82) is 0 Å². The lowest BCUT2D eigenvalue weighted by atomic mass is 10.1. The number of rotatable bonds is 7. The number of anilines is 1. The highest BCUT2D eigenvalue weighted by Gasteiger charge is 2.22. The molecule has 1 aliphatic rings. The monoisotopic (exact) mass is 413 g/mol. The Labute approximate surface area is 174 Å². The first-order chi connectivity index (χ1) is 14.5. The molecule has 0 atom stereocenters. The molecular formula is C20H27N7O3. The van der Waals surface area contributed by atoms with Crippen molar-refractivity contribution in [3.8, 4) is 11.5 Å². The van der Waals surface area contributed by atoms with Crippen LogP contribution in [0.5, 0.6) is 0 Å². The lowest BCUT2D eigenvalue weighted by Gasteiger charge is -2.25. The van der Waals surface area contributed by atoms with Gasteiger partial charge in [0.05, 0.1) is 22.8 Å². The third-order valence-electron chi connectivity index (χ3n) is 4.99. The Morgan fingerprint density at radius 2 is 2.07 bits per heavy atom. The van der Waals surface area contributed by atoms with E-state index in [4.69, 9.17) is 9.15 Å². The number of amides is 1. The minimum absolute atomic E-state index is 0.0390. The molecule has 3 aromatic rings. The Bertz CT molecular complexity index is 1020. The summed E-state index contributed by atoms with van der Waals surface area (Å²) in [5, 5.41) is 20.0. The first-order valence-corrected chi connectivity index (χ1v) is 10.4. The average Bonchev–Trinajstić information content (AvgIpc) is 3.35. The second-order valence-corrected chi connectivity index (χ2v) is 7.68. The average molecular weight is 413 g/mol. The molecule has 0 radical (unpaired) electrons. The minimum Gasteiger partial charge on any atom is -0.420 e. The molecule has 0 aliphatic carbocycles. The molecule has 1 amide bonds. The van der Waals surface area contributed by atoms with Crippen molar-refractivity contribution in [2.24, 2.45) is 0 Å². The fraction of sp³-hybridized carbons (Fsp3) is 0.550. The van der Waals surface area contributed by atoms with Gasteiger partial charge in [-0.05, 0) is 33.6 Å². The summed E-state index contributed by atoms with van der Waals surface area (Å²) >= 11 is 0. The van der Waals surface area contributed by atoms with Gasteiger partial charge in [0.1, 0.15) is 6.42 Å². The number of nitrogens with zero attached hydrogens (tertiary/aromatic N) is 5. The maximum atomic E-state index is 12.0. The highest BCUT2D eigenvalue weighted by Crippen LogP contribution is 2.34. The number of ether oxygens (including phenoxy) is 1. The molecule has 1 fully saturated rings. The van der Waals surface area contributed by atoms with E-state index in [-0.39, 0.29) is 30.3 Å². The molecule has 0 aromatic carbocycles. The van der Waals surface area contributed by atoms with Crippen LogP contribution < -0.4 is 10.6 Å². The second-order valence-electron chi connectivity index (χ2n) is 7.68. The Morgan fingerprint density at radius 3 is 2.80 bits per heavy atom. The number of carbonyl (C=O) groups excluding carboxylic acids is 1. The quantitative estimate of drug-likeness (QED) is 0.605. The largest absolute Gasteiger partial charge is 0.420 e. The van der Waals surface area contributed by atoms with E-state index in [1.54, 1.807) is 6.20 Å². The third-order valence-corrected chi connectivity index (χ3v) is 4.99. The molecule has 1 saturated heterocycles. The van der Waals surface area contributed by atoms with Crippen molar-refractivity contribution < 1.29 is 13.9 Å². The molecule has 10 nitrogen and oxygen atoms in total. The molecule has 0 saturated carbocycles. The van der Waals surface area contributed by atoms with Crippen LogP contribution in [-0.4, -0.2) is 56.2 Å². The van der Waals surface area contributed by atoms with E-state index in [1.807, 2.05) is 31.6 Å². The van der Waals surface area contributed by atoms with Gasteiger partial charge in [-0.1, -0.05) is 0 Å². The fourth-order valence-corrected chi connectivity index (χ4v) is 3.57. The van der Waals surface area contributed by atoms with E-state index >= 15 is 0 Å². The summed E-state index contributed by atoms with van der Waals surface area (Å²) in [7, 11) is 0. The number of carbonyl (C=O) groups is 1. The number of hydrogen-bond donors (Lipinski definition) is 2. The molecule has 4 rings (SSSR count). The fourth-order valence-electron chi connectivity index (χ4n) is 3.57. The van der Waals surface area contributed by atoms with Crippen molar-refractivity contribution in [1.82, 2.24) is 30.3 Å². The summed E-state index contributed by atoms with van der Waals surface area (Å²) < 4.78 is 13.2. The van der Waals surface area contributed by atoms with Crippen molar-refractivity contribution in [2.75, 3.05) is 18.5 Å². The molecule has 2 N–H and O–H groups in total. The van der Waals surface area contributed by atoms with Gasteiger partial charge >= 0.3 is 0 Å². The highest BCUT2D eigenvalue weighted by molar-refractivity contribution is 5.96. The van der Waals surface area contributed by atoms with Crippen LogP contribution in [0.15, 0.2) is 16.8 Å². The highest BCUT2D eigenvalue weighted by atomic mass is 16.5. The zero-order valence-electron chi connectivity index (χ0n) is 17.5. The van der Waals surface area contributed by atoms with Gasteiger partial charge in [0, 0.05) is 38.0 Å². The van der Waals surface area contributed by atoms with Gasteiger partial charge < -0.3 is 19.8 Å². The normalized spacial score (nSPS) is 15.1. The summed E-state index contributed by atoms with van der Waals surface area (Å²) in [6.45, 7) is 8.02. The van der Waals surface area contributed by atoms with E-state index in [0.717, 1.165) is 49.3 Å². The Kier molecular flexibility index (Phi) is 5.93. The van der Waals surface area contributed by atoms with Gasteiger partial charge in [-0.2, -0.15) is 5.10 Å². The molecule has 30 heavy (non-hydrogen) atoms. The smallest absolute Gasteiger partial charge is 0.251 e. The predicted octanol–water partition coefficient (Wildman–Crippen LogP) is 2.16. The summed E-state index contributed by atoms with van der Waals surface area (Å²) in [5.41, 5.74) is 2.37. The number of fused-ring (bicyclic) bond motifs is 1. The maximum Gasteiger partial charge on any atom is 0.251 e. The van der Waals surface area contributed by atoms with Crippen LogP contribution in [0.3, 0.4) is 0 Å². The number of aromatic nitrogens is 5. The van der Waals surface area contributed by atoms with Crippen LogP contribution in [-0.2, 0) is 22.5 Å². The van der Waals surface area contributed by atoms with Gasteiger partial charge in [0.15, 0.2) is 5.65 Å². The zero-order valence-corrected chi connectivity index (χ0v) is 17.5. The molecule has 0 bridgehead atoms. The van der Waals surface area contributed by atoms with Crippen LogP contribution in [0.2, 0.25) is 0 Å². The van der Waals surface area contributed by atoms with Gasteiger partial charge in [-0.25, -0.2) is 9.67 Å². The zero-order chi connectivity index (χ0) is 21.1.